The molecule has 1 atom stereocenters. The molecule has 0 fully saturated rings. The van der Waals surface area contributed by atoms with Crippen molar-refractivity contribution in [3.63, 3.8) is 0 Å². The van der Waals surface area contributed by atoms with E-state index < -0.39 is 24.0 Å². The van der Waals surface area contributed by atoms with Gasteiger partial charge >= 0.3 is 12.2 Å². The Kier molecular flexibility index (Phi) is 7.53. The Bertz CT molecular complexity index is 658. The zero-order chi connectivity index (χ0) is 19.2. The quantitative estimate of drug-likeness (QED) is 0.506. The van der Waals surface area contributed by atoms with Crippen molar-refractivity contribution in [1.29, 1.82) is 0 Å². The number of hydrogen-bond acceptors (Lipinski definition) is 4. The highest BCUT2D eigenvalue weighted by atomic mass is 35.5. The normalized spacial score (nSPS) is 13.2. The van der Waals surface area contributed by atoms with Crippen LogP contribution in [0.5, 0.6) is 5.75 Å². The van der Waals surface area contributed by atoms with E-state index in [9.17, 15) is 22.8 Å². The summed E-state index contributed by atoms with van der Waals surface area (Å²) in [4.78, 5) is 21.5. The molecular weight excluding hydrogens is 386 g/mol. The molecule has 0 bridgehead atoms. The zero-order valence-corrected chi connectivity index (χ0v) is 14.3. The minimum atomic E-state index is -4.61. The lowest BCUT2D eigenvalue weighted by Crippen LogP contribution is -2.36. The van der Waals surface area contributed by atoms with Crippen LogP contribution in [-0.4, -0.2) is 25.1 Å². The van der Waals surface area contributed by atoms with Crippen LogP contribution in [0.3, 0.4) is 0 Å². The van der Waals surface area contributed by atoms with Gasteiger partial charge in [0.2, 0.25) is 0 Å². The van der Waals surface area contributed by atoms with Gasteiger partial charge < -0.3 is 20.2 Å². The van der Waals surface area contributed by atoms with Crippen molar-refractivity contribution in [3.05, 3.63) is 39.5 Å². The lowest BCUT2D eigenvalue weighted by molar-refractivity contribution is -0.137. The first-order valence-corrected chi connectivity index (χ1v) is 7.45. The Morgan fingerprint density at radius 3 is 2.40 bits per heavy atom. The number of amides is 2. The van der Waals surface area contributed by atoms with Crippen LogP contribution < -0.4 is 21.1 Å². The van der Waals surface area contributed by atoms with E-state index in [0.717, 1.165) is 0 Å². The highest BCUT2D eigenvalue weighted by molar-refractivity contribution is 6.37. The predicted octanol–water partition coefficient (Wildman–Crippen LogP) is 3.08. The number of rotatable bonds is 6. The van der Waals surface area contributed by atoms with E-state index in [4.69, 9.17) is 33.7 Å². The summed E-state index contributed by atoms with van der Waals surface area (Å²) in [5.74, 6) is -0.224. The zero-order valence-electron chi connectivity index (χ0n) is 12.8. The highest BCUT2D eigenvalue weighted by Crippen LogP contribution is 2.40. The maximum Gasteiger partial charge on any atom is 0.416 e. The predicted molar refractivity (Wildman–Crippen MR) is 86.4 cm³/mol. The molecule has 0 aliphatic carbocycles. The Morgan fingerprint density at radius 1 is 1.36 bits per heavy atom. The maximum atomic E-state index is 12.7. The number of carbonyl (C=O) groups excluding carboxylic acids is 2. The van der Waals surface area contributed by atoms with Crippen molar-refractivity contribution in [2.75, 3.05) is 6.54 Å². The molecule has 1 unspecified atom stereocenters. The second kappa shape index (κ2) is 8.93. The Hall–Kier alpha value is -1.97. The third kappa shape index (κ3) is 6.81. The largest absolute Gasteiger partial charge is 0.469 e. The molecular formula is C14H14Cl2F3N3O3. The molecule has 11 heteroatoms. The van der Waals surface area contributed by atoms with Gasteiger partial charge in [0.1, 0.15) is 6.29 Å². The van der Waals surface area contributed by atoms with Gasteiger partial charge in [-0.05, 0) is 25.1 Å². The summed E-state index contributed by atoms with van der Waals surface area (Å²) in [6.45, 7) is 1.32. The monoisotopic (exact) mass is 399 g/mol. The van der Waals surface area contributed by atoms with Gasteiger partial charge in [-0.25, -0.2) is 4.79 Å². The standard InChI is InChI=1S/C14H14Cl2F3N3O3/c1-7(22-13(24)21-2-3-23)4-11(20)25-12-9(15)5-8(6-10(12)16)14(17,18)19/h3-6,11H,2,20H2,1H3,(H2,21,22,24)/b7-4-. The molecule has 0 heterocycles. The number of aldehydes is 1. The summed E-state index contributed by atoms with van der Waals surface area (Å²) in [5, 5.41) is 3.88. The van der Waals surface area contributed by atoms with Crippen LogP contribution in [0.15, 0.2) is 23.9 Å². The molecule has 0 radical (unpaired) electrons. The molecule has 2 amide bonds. The number of alkyl halides is 3. The van der Waals surface area contributed by atoms with Crippen molar-refractivity contribution < 1.29 is 27.5 Å². The first-order chi connectivity index (χ1) is 11.5. The number of ether oxygens (including phenoxy) is 1. The third-order valence-corrected chi connectivity index (χ3v) is 3.21. The van der Waals surface area contributed by atoms with Crippen molar-refractivity contribution >= 4 is 35.5 Å². The van der Waals surface area contributed by atoms with E-state index in [2.05, 4.69) is 10.6 Å². The van der Waals surface area contributed by atoms with Gasteiger partial charge in [0, 0.05) is 5.70 Å². The molecule has 138 valence electrons. The van der Waals surface area contributed by atoms with Crippen LogP contribution in [0.2, 0.25) is 10.0 Å². The van der Waals surface area contributed by atoms with Crippen molar-refractivity contribution in [2.24, 2.45) is 5.73 Å². The number of halogens is 5. The highest BCUT2D eigenvalue weighted by Gasteiger charge is 2.32. The first kappa shape index (κ1) is 21.1. The summed E-state index contributed by atoms with van der Waals surface area (Å²) < 4.78 is 43.2. The minimum absolute atomic E-state index is 0.168. The fourth-order valence-corrected chi connectivity index (χ4v) is 2.23. The molecule has 1 aromatic rings. The van der Waals surface area contributed by atoms with Gasteiger partial charge in [-0.1, -0.05) is 23.2 Å². The Balaban J connectivity index is 2.83. The van der Waals surface area contributed by atoms with Crippen LogP contribution in [0, 0.1) is 0 Å². The topological polar surface area (TPSA) is 93.4 Å². The van der Waals surface area contributed by atoms with Crippen LogP contribution in [0.1, 0.15) is 12.5 Å². The molecule has 25 heavy (non-hydrogen) atoms. The van der Waals surface area contributed by atoms with Crippen LogP contribution >= 0.6 is 23.2 Å². The summed E-state index contributed by atoms with van der Waals surface area (Å²) in [5.41, 5.74) is 4.93. The molecule has 1 aromatic carbocycles. The Labute approximate surface area is 151 Å². The summed E-state index contributed by atoms with van der Waals surface area (Å²) in [6.07, 6.45) is -3.99. The molecule has 6 nitrogen and oxygen atoms in total. The van der Waals surface area contributed by atoms with Gasteiger partial charge in [-0.2, -0.15) is 13.2 Å². The SMILES string of the molecule is C/C(=C/C(N)Oc1c(Cl)cc(C(F)(F)F)cc1Cl)NC(=O)NCC=O. The van der Waals surface area contributed by atoms with Gasteiger partial charge in [-0.15, -0.1) is 0 Å². The second-order valence-electron chi connectivity index (χ2n) is 4.70. The van der Waals surface area contributed by atoms with E-state index in [0.29, 0.717) is 18.4 Å². The molecule has 0 saturated heterocycles. The fourth-order valence-electron chi connectivity index (χ4n) is 1.65. The number of nitrogens with two attached hydrogens (primary N) is 1. The molecule has 1 rings (SSSR count). The molecule has 0 aliphatic rings. The van der Waals surface area contributed by atoms with Crippen molar-refractivity contribution in [2.45, 2.75) is 19.3 Å². The van der Waals surface area contributed by atoms with E-state index >= 15 is 0 Å². The van der Waals surface area contributed by atoms with Crippen molar-refractivity contribution in [1.82, 2.24) is 10.6 Å². The lowest BCUT2D eigenvalue weighted by Gasteiger charge is -2.17. The summed E-state index contributed by atoms with van der Waals surface area (Å²) in [7, 11) is 0. The van der Waals surface area contributed by atoms with E-state index in [1.807, 2.05) is 0 Å². The number of nitrogens with one attached hydrogen (secondary N) is 2. The van der Waals surface area contributed by atoms with Gasteiger partial charge in [0.05, 0.1) is 22.2 Å². The minimum Gasteiger partial charge on any atom is -0.469 e. The summed E-state index contributed by atoms with van der Waals surface area (Å²) >= 11 is 11.5. The second-order valence-corrected chi connectivity index (χ2v) is 5.52. The molecule has 4 N–H and O–H groups in total. The number of urea groups is 1. The number of benzene rings is 1. The van der Waals surface area contributed by atoms with Crippen molar-refractivity contribution in [3.8, 4) is 5.75 Å². The van der Waals surface area contributed by atoms with Crippen LogP contribution in [0.25, 0.3) is 0 Å². The van der Waals surface area contributed by atoms with Gasteiger partial charge in [0.15, 0.2) is 12.0 Å². The van der Waals surface area contributed by atoms with Gasteiger partial charge in [0.25, 0.3) is 0 Å². The fraction of sp³-hybridized carbons (Fsp3) is 0.286. The number of carbonyl (C=O) groups is 2. The number of hydrogen-bond donors (Lipinski definition) is 3. The average molecular weight is 400 g/mol. The third-order valence-electron chi connectivity index (χ3n) is 2.65. The van der Waals surface area contributed by atoms with Crippen LogP contribution in [0.4, 0.5) is 18.0 Å². The number of allylic oxidation sites excluding steroid dienone is 1. The molecule has 0 aliphatic heterocycles. The van der Waals surface area contributed by atoms with Crippen LogP contribution in [-0.2, 0) is 11.0 Å². The Morgan fingerprint density at radius 2 is 1.92 bits per heavy atom. The van der Waals surface area contributed by atoms with Gasteiger partial charge in [-0.3, -0.25) is 5.73 Å². The first-order valence-electron chi connectivity index (χ1n) is 6.70. The maximum absolute atomic E-state index is 12.7. The van der Waals surface area contributed by atoms with E-state index in [-0.39, 0.29) is 28.0 Å². The molecule has 0 saturated carbocycles. The lowest BCUT2D eigenvalue weighted by atomic mass is 10.2. The summed E-state index contributed by atoms with van der Waals surface area (Å²) in [6, 6.07) is 0.688. The molecule has 0 aromatic heterocycles. The smallest absolute Gasteiger partial charge is 0.416 e. The molecule has 0 spiro atoms. The van der Waals surface area contributed by atoms with E-state index in [1.165, 1.54) is 13.0 Å². The average Bonchev–Trinajstić information content (AvgIpc) is 2.47. The van der Waals surface area contributed by atoms with E-state index in [1.54, 1.807) is 0 Å².